The van der Waals surface area contributed by atoms with Crippen molar-refractivity contribution in [3.05, 3.63) is 59.4 Å². The average molecular weight is 355 g/mol. The van der Waals surface area contributed by atoms with E-state index in [4.69, 9.17) is 4.74 Å². The molecule has 0 atom stereocenters. The molecule has 25 heavy (non-hydrogen) atoms. The predicted molar refractivity (Wildman–Crippen MR) is 96.0 cm³/mol. The lowest BCUT2D eigenvalue weighted by atomic mass is 10.1. The zero-order chi connectivity index (χ0) is 17.6. The topological polar surface area (TPSA) is 92.8 Å². The number of aromatic amines is 1. The van der Waals surface area contributed by atoms with Crippen LogP contribution in [0.1, 0.15) is 21.6 Å². The second-order valence-corrected chi connectivity index (χ2v) is 6.21. The molecule has 0 spiro atoms. The molecule has 0 radical (unpaired) electrons. The van der Waals surface area contributed by atoms with E-state index in [9.17, 15) is 4.79 Å². The van der Waals surface area contributed by atoms with Crippen molar-refractivity contribution in [3.8, 4) is 0 Å². The van der Waals surface area contributed by atoms with Crippen LogP contribution < -0.4 is 5.32 Å². The van der Waals surface area contributed by atoms with Crippen molar-refractivity contribution in [2.45, 2.75) is 17.8 Å². The average Bonchev–Trinajstić information content (AvgIpc) is 3.05. The zero-order valence-electron chi connectivity index (χ0n) is 13.8. The smallest absolute Gasteiger partial charge is 0.337 e. The molecular formula is C17H17N5O2S. The number of rotatable bonds is 6. The summed E-state index contributed by atoms with van der Waals surface area (Å²) in [7, 11) is 1.37. The number of benzene rings is 1. The molecule has 2 N–H and O–H groups in total. The highest BCUT2D eigenvalue weighted by Crippen LogP contribution is 2.21. The van der Waals surface area contributed by atoms with Gasteiger partial charge < -0.3 is 10.1 Å². The first kappa shape index (κ1) is 17.0. The van der Waals surface area contributed by atoms with Gasteiger partial charge in [0.05, 0.1) is 12.7 Å². The lowest BCUT2D eigenvalue weighted by Gasteiger charge is -2.05. The van der Waals surface area contributed by atoms with Crippen LogP contribution in [0.25, 0.3) is 0 Å². The van der Waals surface area contributed by atoms with Crippen LogP contribution in [0.3, 0.4) is 0 Å². The minimum absolute atomic E-state index is 0.338. The Morgan fingerprint density at radius 2 is 2.04 bits per heavy atom. The number of thioether (sulfide) groups is 1. The number of methoxy groups -OCH3 is 1. The molecule has 2 heterocycles. The Bertz CT molecular complexity index is 863. The van der Waals surface area contributed by atoms with E-state index in [1.807, 2.05) is 25.1 Å². The van der Waals surface area contributed by atoms with Crippen LogP contribution in [0, 0.1) is 6.92 Å². The molecule has 0 aliphatic heterocycles. The number of carbonyl (C=O) groups excluding carboxylic acids is 1. The maximum atomic E-state index is 11.4. The minimum atomic E-state index is -0.338. The molecule has 8 heteroatoms. The number of anilines is 2. The molecule has 1 aromatic carbocycles. The summed E-state index contributed by atoms with van der Waals surface area (Å²) in [5, 5.41) is 10.8. The molecule has 0 fully saturated rings. The lowest BCUT2D eigenvalue weighted by molar-refractivity contribution is 0.0600. The molecule has 0 saturated carbocycles. The SMILES string of the molecule is COC(=O)c1ccc(CSc2nccc(Nc3cc(C)[nH]n3)n2)cc1. The van der Waals surface area contributed by atoms with Crippen LogP contribution in [0.2, 0.25) is 0 Å². The van der Waals surface area contributed by atoms with Gasteiger partial charge in [-0.3, -0.25) is 5.10 Å². The Kier molecular flexibility index (Phi) is 5.30. The summed E-state index contributed by atoms with van der Waals surface area (Å²) in [6, 6.07) is 11.0. The number of nitrogens with one attached hydrogen (secondary N) is 2. The van der Waals surface area contributed by atoms with E-state index in [-0.39, 0.29) is 5.97 Å². The van der Waals surface area contributed by atoms with Gasteiger partial charge in [0.2, 0.25) is 0 Å². The number of esters is 1. The van der Waals surface area contributed by atoms with Gasteiger partial charge in [-0.05, 0) is 30.7 Å². The van der Waals surface area contributed by atoms with Crippen molar-refractivity contribution in [2.24, 2.45) is 0 Å². The van der Waals surface area contributed by atoms with Gasteiger partial charge >= 0.3 is 5.97 Å². The third-order valence-corrected chi connectivity index (χ3v) is 4.27. The van der Waals surface area contributed by atoms with Gasteiger partial charge in [0.15, 0.2) is 11.0 Å². The Labute approximate surface area is 149 Å². The molecule has 0 aliphatic carbocycles. The summed E-state index contributed by atoms with van der Waals surface area (Å²) in [5.41, 5.74) is 2.58. The summed E-state index contributed by atoms with van der Waals surface area (Å²) < 4.78 is 4.69. The predicted octanol–water partition coefficient (Wildman–Crippen LogP) is 3.33. The van der Waals surface area contributed by atoms with Crippen molar-refractivity contribution >= 4 is 29.4 Å². The van der Waals surface area contributed by atoms with Crippen molar-refractivity contribution in [1.29, 1.82) is 0 Å². The number of aromatic nitrogens is 4. The van der Waals surface area contributed by atoms with Crippen molar-refractivity contribution in [3.63, 3.8) is 0 Å². The Balaban J connectivity index is 1.61. The number of hydrogen-bond acceptors (Lipinski definition) is 7. The number of carbonyl (C=O) groups is 1. The number of hydrogen-bond donors (Lipinski definition) is 2. The fourth-order valence-electron chi connectivity index (χ4n) is 2.10. The number of aryl methyl sites for hydroxylation is 1. The molecule has 2 aromatic heterocycles. The van der Waals surface area contributed by atoms with Crippen LogP contribution in [0.5, 0.6) is 0 Å². The van der Waals surface area contributed by atoms with Gasteiger partial charge in [-0.2, -0.15) is 5.10 Å². The zero-order valence-corrected chi connectivity index (χ0v) is 14.6. The summed E-state index contributed by atoms with van der Waals surface area (Å²) >= 11 is 1.52. The second kappa shape index (κ2) is 7.80. The van der Waals surface area contributed by atoms with Gasteiger partial charge in [-0.25, -0.2) is 14.8 Å². The van der Waals surface area contributed by atoms with E-state index < -0.39 is 0 Å². The molecule has 0 amide bonds. The highest BCUT2D eigenvalue weighted by molar-refractivity contribution is 7.98. The maximum Gasteiger partial charge on any atom is 0.337 e. The first-order chi connectivity index (χ1) is 12.1. The minimum Gasteiger partial charge on any atom is -0.465 e. The molecule has 0 unspecified atom stereocenters. The van der Waals surface area contributed by atoms with E-state index in [2.05, 4.69) is 25.5 Å². The summed E-state index contributed by atoms with van der Waals surface area (Å²) in [6.45, 7) is 1.94. The van der Waals surface area contributed by atoms with Gasteiger partial charge in [0, 0.05) is 23.7 Å². The molecular weight excluding hydrogens is 338 g/mol. The molecule has 0 saturated heterocycles. The van der Waals surface area contributed by atoms with Crippen molar-refractivity contribution in [2.75, 3.05) is 12.4 Å². The Morgan fingerprint density at radius 3 is 2.72 bits per heavy atom. The van der Waals surface area contributed by atoms with E-state index in [0.717, 1.165) is 11.3 Å². The van der Waals surface area contributed by atoms with Crippen LogP contribution >= 0.6 is 11.8 Å². The monoisotopic (exact) mass is 355 g/mol. The standard InChI is InChI=1S/C17H17N5O2S/c1-11-9-15(22-21-11)19-14-7-8-18-17(20-14)25-10-12-3-5-13(6-4-12)16(23)24-2/h3-9H,10H2,1-2H3,(H2,18,19,20,21,22). The summed E-state index contributed by atoms with van der Waals surface area (Å²) in [5.74, 6) is 1.76. The van der Waals surface area contributed by atoms with Gasteiger partial charge in [-0.1, -0.05) is 23.9 Å². The van der Waals surface area contributed by atoms with Crippen LogP contribution in [0.4, 0.5) is 11.6 Å². The van der Waals surface area contributed by atoms with Crippen LogP contribution in [-0.2, 0) is 10.5 Å². The van der Waals surface area contributed by atoms with Gasteiger partial charge in [-0.15, -0.1) is 0 Å². The highest BCUT2D eigenvalue weighted by Gasteiger charge is 2.06. The highest BCUT2D eigenvalue weighted by atomic mass is 32.2. The third-order valence-electron chi connectivity index (χ3n) is 3.34. The first-order valence-corrected chi connectivity index (χ1v) is 8.55. The van der Waals surface area contributed by atoms with Crippen molar-refractivity contribution in [1.82, 2.24) is 20.2 Å². The van der Waals surface area contributed by atoms with E-state index in [1.165, 1.54) is 18.9 Å². The number of nitrogens with zero attached hydrogens (tertiary/aromatic N) is 3. The normalized spacial score (nSPS) is 10.5. The molecule has 7 nitrogen and oxygen atoms in total. The summed E-state index contributed by atoms with van der Waals surface area (Å²) in [4.78, 5) is 20.2. The maximum absolute atomic E-state index is 11.4. The third kappa shape index (κ3) is 4.57. The van der Waals surface area contributed by atoms with Gasteiger partial charge in [0.25, 0.3) is 0 Å². The second-order valence-electron chi connectivity index (χ2n) is 5.26. The number of ether oxygens (including phenoxy) is 1. The molecule has 0 aliphatic rings. The molecule has 3 rings (SSSR count). The molecule has 3 aromatic rings. The number of H-pyrrole nitrogens is 1. The molecule has 128 valence electrons. The lowest BCUT2D eigenvalue weighted by Crippen LogP contribution is -2.00. The van der Waals surface area contributed by atoms with Crippen LogP contribution in [-0.4, -0.2) is 33.2 Å². The van der Waals surface area contributed by atoms with Crippen molar-refractivity contribution < 1.29 is 9.53 Å². The Morgan fingerprint density at radius 1 is 1.24 bits per heavy atom. The van der Waals surface area contributed by atoms with Crippen LogP contribution in [0.15, 0.2) is 47.8 Å². The Hall–Kier alpha value is -2.87. The van der Waals surface area contributed by atoms with E-state index in [0.29, 0.717) is 28.1 Å². The fraction of sp³-hybridized carbons (Fsp3) is 0.176. The van der Waals surface area contributed by atoms with Gasteiger partial charge in [0.1, 0.15) is 5.82 Å². The first-order valence-electron chi connectivity index (χ1n) is 7.56. The van der Waals surface area contributed by atoms with E-state index in [1.54, 1.807) is 24.4 Å². The quantitative estimate of drug-likeness (QED) is 0.398. The fourth-order valence-corrected chi connectivity index (χ4v) is 2.88. The summed E-state index contributed by atoms with van der Waals surface area (Å²) in [6.07, 6.45) is 1.71. The largest absolute Gasteiger partial charge is 0.465 e. The van der Waals surface area contributed by atoms with E-state index >= 15 is 0 Å². The molecule has 0 bridgehead atoms.